The lowest BCUT2D eigenvalue weighted by Gasteiger charge is -2.35. The van der Waals surface area contributed by atoms with E-state index in [1.165, 1.54) is 11.0 Å². The Morgan fingerprint density at radius 2 is 1.63 bits per heavy atom. The third kappa shape index (κ3) is 9.23. The second kappa shape index (κ2) is 13.4. The van der Waals surface area contributed by atoms with Gasteiger partial charge in [0.1, 0.15) is 18.3 Å². The van der Waals surface area contributed by atoms with E-state index >= 15 is 0 Å². The van der Waals surface area contributed by atoms with Gasteiger partial charge in [0.15, 0.2) is 0 Å². The average Bonchev–Trinajstić information content (AvgIpc) is 2.90. The van der Waals surface area contributed by atoms with Gasteiger partial charge in [0.2, 0.25) is 21.8 Å². The number of anilines is 1. The summed E-state index contributed by atoms with van der Waals surface area (Å²) in [7, 11) is -2.34. The van der Waals surface area contributed by atoms with Gasteiger partial charge < -0.3 is 15.0 Å². The van der Waals surface area contributed by atoms with Crippen LogP contribution >= 0.6 is 11.6 Å². The predicted molar refractivity (Wildman–Crippen MR) is 164 cm³/mol. The molecule has 0 aliphatic heterocycles. The van der Waals surface area contributed by atoms with Gasteiger partial charge in [-0.2, -0.15) is 0 Å². The number of hydrogen-bond acceptors (Lipinski definition) is 5. The van der Waals surface area contributed by atoms with E-state index in [4.69, 9.17) is 16.3 Å². The Bertz CT molecular complexity index is 1470. The van der Waals surface area contributed by atoms with Crippen LogP contribution in [0.15, 0.2) is 72.8 Å². The van der Waals surface area contributed by atoms with Gasteiger partial charge >= 0.3 is 0 Å². The molecule has 10 heteroatoms. The molecule has 3 rings (SSSR count). The van der Waals surface area contributed by atoms with Crippen LogP contribution in [0, 0.1) is 6.92 Å². The van der Waals surface area contributed by atoms with Gasteiger partial charge in [-0.05, 0) is 68.7 Å². The molecule has 0 fully saturated rings. The van der Waals surface area contributed by atoms with Crippen molar-refractivity contribution in [1.82, 2.24) is 10.2 Å². The number of benzene rings is 3. The van der Waals surface area contributed by atoms with Crippen molar-refractivity contribution >= 4 is 39.1 Å². The summed E-state index contributed by atoms with van der Waals surface area (Å²) in [6.45, 7) is 6.94. The molecule has 41 heavy (non-hydrogen) atoms. The highest BCUT2D eigenvalue weighted by molar-refractivity contribution is 7.92. The van der Waals surface area contributed by atoms with Gasteiger partial charge in [0, 0.05) is 23.5 Å². The highest BCUT2D eigenvalue weighted by atomic mass is 35.5. The van der Waals surface area contributed by atoms with E-state index in [1.54, 1.807) is 44.4 Å². The first-order valence-electron chi connectivity index (χ1n) is 13.2. The topological polar surface area (TPSA) is 96.0 Å². The van der Waals surface area contributed by atoms with Gasteiger partial charge in [-0.25, -0.2) is 8.42 Å². The summed E-state index contributed by atoms with van der Waals surface area (Å²) in [4.78, 5) is 29.4. The molecule has 1 N–H and O–H groups in total. The molecule has 2 amide bonds. The van der Waals surface area contributed by atoms with Crippen LogP contribution in [0.25, 0.3) is 0 Å². The number of methoxy groups -OCH3 is 1. The zero-order chi connectivity index (χ0) is 30.4. The van der Waals surface area contributed by atoms with Gasteiger partial charge in [-0.15, -0.1) is 0 Å². The van der Waals surface area contributed by atoms with E-state index in [2.05, 4.69) is 5.32 Å². The first-order chi connectivity index (χ1) is 19.2. The lowest BCUT2D eigenvalue weighted by Crippen LogP contribution is -2.56. The molecule has 0 saturated heterocycles. The number of halogens is 1. The smallest absolute Gasteiger partial charge is 0.244 e. The summed E-state index contributed by atoms with van der Waals surface area (Å²) in [6.07, 6.45) is 1.27. The van der Waals surface area contributed by atoms with Gasteiger partial charge in [-0.3, -0.25) is 13.9 Å². The first kappa shape index (κ1) is 32.0. The van der Waals surface area contributed by atoms with Crippen molar-refractivity contribution in [3.8, 4) is 5.75 Å². The quantitative estimate of drug-likeness (QED) is 0.335. The number of ether oxygens (including phenoxy) is 1. The minimum atomic E-state index is -3.89. The van der Waals surface area contributed by atoms with Crippen molar-refractivity contribution in [2.45, 2.75) is 52.2 Å². The van der Waals surface area contributed by atoms with Crippen molar-refractivity contribution in [3.63, 3.8) is 0 Å². The molecule has 0 aliphatic rings. The summed E-state index contributed by atoms with van der Waals surface area (Å²) in [5.41, 5.74) is 2.06. The molecule has 0 aliphatic carbocycles. The number of hydrogen-bond donors (Lipinski definition) is 1. The number of amides is 2. The second-order valence-electron chi connectivity index (χ2n) is 11.0. The van der Waals surface area contributed by atoms with Crippen LogP contribution in [0.1, 0.15) is 37.5 Å². The molecular weight excluding hydrogens is 562 g/mol. The van der Waals surface area contributed by atoms with Gasteiger partial charge in [0.05, 0.1) is 19.1 Å². The molecule has 0 spiro atoms. The highest BCUT2D eigenvalue weighted by Gasteiger charge is 2.34. The maximum atomic E-state index is 14.2. The average molecular weight is 600 g/mol. The summed E-state index contributed by atoms with van der Waals surface area (Å²) in [5, 5.41) is 3.38. The van der Waals surface area contributed by atoms with Crippen LogP contribution in [0.4, 0.5) is 5.69 Å². The molecule has 220 valence electrons. The maximum Gasteiger partial charge on any atom is 0.244 e. The van der Waals surface area contributed by atoms with Crippen LogP contribution in [0.5, 0.6) is 5.75 Å². The van der Waals surface area contributed by atoms with Crippen molar-refractivity contribution in [2.24, 2.45) is 0 Å². The number of nitrogens with zero attached hydrogens (tertiary/aromatic N) is 2. The van der Waals surface area contributed by atoms with E-state index in [1.807, 2.05) is 57.2 Å². The number of carbonyl (C=O) groups is 2. The Hall–Kier alpha value is -3.56. The summed E-state index contributed by atoms with van der Waals surface area (Å²) in [6, 6.07) is 20.5. The van der Waals surface area contributed by atoms with Crippen molar-refractivity contribution < 1.29 is 22.7 Å². The molecule has 1 atom stereocenters. The number of nitrogens with one attached hydrogen (secondary N) is 1. The van der Waals surface area contributed by atoms with E-state index in [0.29, 0.717) is 10.8 Å². The molecule has 0 saturated carbocycles. The standard InChI is InChI=1S/C31H38ClN3O5S/c1-22-15-16-25(19-27(22)32)35(41(6,38)39)21-29(36)34(20-24-13-10-14-26(17-24)40-5)28(30(37)33-31(2,3)4)18-23-11-8-7-9-12-23/h7-17,19,28H,18,20-21H2,1-6H3,(H,33,37)/t28-/m0/s1. The summed E-state index contributed by atoms with van der Waals surface area (Å²) < 4.78 is 32.2. The molecule has 8 nitrogen and oxygen atoms in total. The number of carbonyl (C=O) groups excluding carboxylic acids is 2. The fraction of sp³-hybridized carbons (Fsp3) is 0.355. The lowest BCUT2D eigenvalue weighted by molar-refractivity contribution is -0.140. The van der Waals surface area contributed by atoms with Crippen molar-refractivity contribution in [2.75, 3.05) is 24.2 Å². The summed E-state index contributed by atoms with van der Waals surface area (Å²) in [5.74, 6) is -0.289. The minimum Gasteiger partial charge on any atom is -0.497 e. The van der Waals surface area contributed by atoms with Crippen LogP contribution in [-0.4, -0.2) is 56.6 Å². The Balaban J connectivity index is 2.10. The fourth-order valence-electron chi connectivity index (χ4n) is 4.32. The minimum absolute atomic E-state index is 0.0529. The molecule has 3 aromatic carbocycles. The Labute approximate surface area is 248 Å². The lowest BCUT2D eigenvalue weighted by atomic mass is 10.0. The molecule has 0 aromatic heterocycles. The second-order valence-corrected chi connectivity index (χ2v) is 13.3. The van der Waals surface area contributed by atoms with Gasteiger partial charge in [0.25, 0.3) is 0 Å². The van der Waals surface area contributed by atoms with Crippen LogP contribution in [-0.2, 0) is 32.6 Å². The summed E-state index contributed by atoms with van der Waals surface area (Å²) >= 11 is 6.31. The molecule has 0 radical (unpaired) electrons. The molecule has 0 heterocycles. The molecule has 0 unspecified atom stereocenters. The predicted octanol–water partition coefficient (Wildman–Crippen LogP) is 4.98. The Morgan fingerprint density at radius 3 is 2.22 bits per heavy atom. The third-order valence-corrected chi connectivity index (χ3v) is 7.93. The SMILES string of the molecule is COc1cccc(CN(C(=O)CN(c2ccc(C)c(Cl)c2)S(C)(=O)=O)[C@@H](Cc2ccccc2)C(=O)NC(C)(C)C)c1. The fourth-order valence-corrected chi connectivity index (χ4v) is 5.34. The van der Waals surface area contributed by atoms with Crippen LogP contribution in [0.3, 0.4) is 0 Å². The molecule has 3 aromatic rings. The van der Waals surface area contributed by atoms with Crippen LogP contribution in [0.2, 0.25) is 5.02 Å². The third-order valence-electron chi connectivity index (χ3n) is 6.38. The van der Waals surface area contributed by atoms with Gasteiger partial charge in [-0.1, -0.05) is 60.1 Å². The van der Waals surface area contributed by atoms with Crippen LogP contribution < -0.4 is 14.4 Å². The number of sulfonamides is 1. The van der Waals surface area contributed by atoms with Crippen molar-refractivity contribution in [3.05, 3.63) is 94.5 Å². The number of aryl methyl sites for hydroxylation is 1. The highest BCUT2D eigenvalue weighted by Crippen LogP contribution is 2.26. The monoisotopic (exact) mass is 599 g/mol. The molecule has 0 bridgehead atoms. The largest absolute Gasteiger partial charge is 0.497 e. The Morgan fingerprint density at radius 1 is 0.976 bits per heavy atom. The maximum absolute atomic E-state index is 14.2. The number of rotatable bonds is 11. The van der Waals surface area contributed by atoms with E-state index in [0.717, 1.165) is 27.3 Å². The normalized spacial score (nSPS) is 12.4. The molecular formula is C31H38ClN3O5S. The zero-order valence-electron chi connectivity index (χ0n) is 24.3. The zero-order valence-corrected chi connectivity index (χ0v) is 25.9. The van der Waals surface area contributed by atoms with E-state index < -0.39 is 34.1 Å². The van der Waals surface area contributed by atoms with E-state index in [9.17, 15) is 18.0 Å². The van der Waals surface area contributed by atoms with E-state index in [-0.39, 0.29) is 24.6 Å². The van der Waals surface area contributed by atoms with Crippen molar-refractivity contribution in [1.29, 1.82) is 0 Å². The first-order valence-corrected chi connectivity index (χ1v) is 15.4. The Kier molecular flexibility index (Phi) is 10.4.